The Hall–Kier alpha value is -7.18. The van der Waals surface area contributed by atoms with Crippen LogP contribution in [0.3, 0.4) is 0 Å². The van der Waals surface area contributed by atoms with Crippen LogP contribution in [0.15, 0.2) is 167 Å². The van der Waals surface area contributed by atoms with Crippen molar-refractivity contribution in [2.45, 2.75) is 0 Å². The number of nitrogens with zero attached hydrogens (tertiary/aromatic N) is 4. The van der Waals surface area contributed by atoms with Crippen molar-refractivity contribution in [1.82, 2.24) is 19.9 Å². The fourth-order valence-electron chi connectivity index (χ4n) is 7.52. The van der Waals surface area contributed by atoms with Crippen molar-refractivity contribution in [3.8, 4) is 45.3 Å². The van der Waals surface area contributed by atoms with Crippen LogP contribution in [0.2, 0.25) is 0 Å². The maximum absolute atomic E-state index is 6.43. The number of fused-ring (bicyclic) bond motifs is 8. The second-order valence-corrected chi connectivity index (χ2v) is 13.0. The Bertz CT molecular complexity index is 3200. The summed E-state index contributed by atoms with van der Waals surface area (Å²) in [6.07, 6.45) is 0. The van der Waals surface area contributed by atoms with Gasteiger partial charge in [0.1, 0.15) is 22.3 Å². The van der Waals surface area contributed by atoms with Crippen molar-refractivity contribution in [3.63, 3.8) is 0 Å². The van der Waals surface area contributed by atoms with Gasteiger partial charge in [0, 0.05) is 32.8 Å². The first-order valence-corrected chi connectivity index (χ1v) is 17.2. The lowest BCUT2D eigenvalue weighted by atomic mass is 9.93. The highest BCUT2D eigenvalue weighted by Gasteiger charge is 2.21. The summed E-state index contributed by atoms with van der Waals surface area (Å²) < 4.78 is 12.7. The van der Waals surface area contributed by atoms with Crippen LogP contribution in [-0.2, 0) is 0 Å². The Kier molecular flexibility index (Phi) is 6.15. The molecule has 0 aliphatic heterocycles. The highest BCUT2D eigenvalue weighted by atomic mass is 16.3. The number of furan rings is 2. The standard InChI is InChI=1S/C46H26N4O2/c1-2-12-27(13-3-1)44-48-45(50-46(49-44)34-19-11-22-38-41(34)33-17-7-9-21-37(33)51-38)30-24-28-14-4-6-16-31(28)35(25-30)32-18-10-23-39-42(32)43-40(52-39)26-29-15-5-8-20-36(29)47-43/h1-26H. The highest BCUT2D eigenvalue weighted by Crippen LogP contribution is 2.42. The number of benzene rings is 7. The lowest BCUT2D eigenvalue weighted by Gasteiger charge is -2.13. The van der Waals surface area contributed by atoms with Gasteiger partial charge in [-0.25, -0.2) is 19.9 Å². The molecule has 52 heavy (non-hydrogen) atoms. The van der Waals surface area contributed by atoms with Crippen LogP contribution < -0.4 is 0 Å². The van der Waals surface area contributed by atoms with E-state index in [1.807, 2.05) is 91.0 Å². The lowest BCUT2D eigenvalue weighted by Crippen LogP contribution is -2.01. The van der Waals surface area contributed by atoms with Crippen LogP contribution in [0, 0.1) is 0 Å². The number of pyridine rings is 1. The monoisotopic (exact) mass is 666 g/mol. The number of aromatic nitrogens is 4. The second kappa shape index (κ2) is 11.2. The molecule has 0 aliphatic rings. The van der Waals surface area contributed by atoms with Gasteiger partial charge in [-0.05, 0) is 64.4 Å². The largest absolute Gasteiger partial charge is 0.456 e. The van der Waals surface area contributed by atoms with Crippen molar-refractivity contribution in [2.75, 3.05) is 0 Å². The number of rotatable bonds is 4. The van der Waals surface area contributed by atoms with E-state index in [9.17, 15) is 0 Å². The van der Waals surface area contributed by atoms with Crippen LogP contribution in [0.4, 0.5) is 0 Å². The first kappa shape index (κ1) is 28.6. The Balaban J connectivity index is 1.19. The van der Waals surface area contributed by atoms with Crippen molar-refractivity contribution >= 4 is 65.7 Å². The Morgan fingerprint density at radius 1 is 0.346 bits per heavy atom. The van der Waals surface area contributed by atoms with E-state index in [2.05, 4.69) is 66.7 Å². The smallest absolute Gasteiger partial charge is 0.164 e. The van der Waals surface area contributed by atoms with Crippen LogP contribution in [0.1, 0.15) is 0 Å². The molecule has 0 aliphatic carbocycles. The highest BCUT2D eigenvalue weighted by molar-refractivity contribution is 6.16. The average Bonchev–Trinajstić information content (AvgIpc) is 3.78. The molecule has 4 heterocycles. The molecule has 0 saturated carbocycles. The van der Waals surface area contributed by atoms with Crippen LogP contribution in [-0.4, -0.2) is 19.9 Å². The number of para-hydroxylation sites is 2. The number of hydrogen-bond donors (Lipinski definition) is 0. The summed E-state index contributed by atoms with van der Waals surface area (Å²) in [6, 6.07) is 53.5. The van der Waals surface area contributed by atoms with E-state index in [-0.39, 0.29) is 0 Å². The van der Waals surface area contributed by atoms with Gasteiger partial charge in [-0.2, -0.15) is 0 Å². The van der Waals surface area contributed by atoms with Crippen molar-refractivity contribution in [3.05, 3.63) is 158 Å². The molecule has 0 N–H and O–H groups in total. The van der Waals surface area contributed by atoms with E-state index in [1.165, 1.54) is 0 Å². The van der Waals surface area contributed by atoms with Gasteiger partial charge in [0.25, 0.3) is 0 Å². The summed E-state index contributed by atoms with van der Waals surface area (Å²) in [5.41, 5.74) is 9.68. The summed E-state index contributed by atoms with van der Waals surface area (Å²) in [4.78, 5) is 20.5. The molecular formula is C46H26N4O2. The molecular weight excluding hydrogens is 641 g/mol. The summed E-state index contributed by atoms with van der Waals surface area (Å²) in [5.74, 6) is 1.75. The summed E-state index contributed by atoms with van der Waals surface area (Å²) >= 11 is 0. The molecule has 0 radical (unpaired) electrons. The fraction of sp³-hybridized carbons (Fsp3) is 0. The summed E-state index contributed by atoms with van der Waals surface area (Å²) in [7, 11) is 0. The zero-order valence-corrected chi connectivity index (χ0v) is 27.6. The van der Waals surface area contributed by atoms with Gasteiger partial charge in [0.2, 0.25) is 0 Å². The normalized spacial score (nSPS) is 11.8. The summed E-state index contributed by atoms with van der Waals surface area (Å²) in [6.45, 7) is 0. The first-order valence-electron chi connectivity index (χ1n) is 17.2. The van der Waals surface area contributed by atoms with Gasteiger partial charge in [-0.3, -0.25) is 0 Å². The Labute approximate surface area is 296 Å². The maximum Gasteiger partial charge on any atom is 0.164 e. The van der Waals surface area contributed by atoms with E-state index in [1.54, 1.807) is 0 Å². The lowest BCUT2D eigenvalue weighted by molar-refractivity contribution is 0.668. The molecule has 6 nitrogen and oxygen atoms in total. The molecule has 0 amide bonds. The van der Waals surface area contributed by atoms with Crippen LogP contribution in [0.25, 0.3) is 111 Å². The van der Waals surface area contributed by atoms with Gasteiger partial charge in [-0.15, -0.1) is 0 Å². The summed E-state index contributed by atoms with van der Waals surface area (Å²) in [5, 5.41) is 6.20. The van der Waals surface area contributed by atoms with Crippen LogP contribution >= 0.6 is 0 Å². The van der Waals surface area contributed by atoms with E-state index in [0.29, 0.717) is 17.5 Å². The fourth-order valence-corrected chi connectivity index (χ4v) is 7.52. The third-order valence-corrected chi connectivity index (χ3v) is 9.89. The molecule has 0 atom stereocenters. The van der Waals surface area contributed by atoms with Gasteiger partial charge < -0.3 is 8.83 Å². The van der Waals surface area contributed by atoms with E-state index in [0.717, 1.165) is 93.5 Å². The van der Waals surface area contributed by atoms with Crippen molar-refractivity contribution in [2.24, 2.45) is 0 Å². The molecule has 4 aromatic heterocycles. The Morgan fingerprint density at radius 3 is 1.85 bits per heavy atom. The SMILES string of the molecule is c1ccc(-c2nc(-c3cc(-c4cccc5oc6cc7ccccc7nc6c45)c4ccccc4c3)nc(-c3cccc4oc5ccccc5c34)n2)cc1. The van der Waals surface area contributed by atoms with Gasteiger partial charge in [-0.1, -0.05) is 115 Å². The molecule has 0 fully saturated rings. The minimum atomic E-state index is 0.578. The third-order valence-electron chi connectivity index (χ3n) is 9.89. The maximum atomic E-state index is 6.43. The van der Waals surface area contributed by atoms with Gasteiger partial charge in [0.15, 0.2) is 23.1 Å². The van der Waals surface area contributed by atoms with E-state index >= 15 is 0 Å². The quantitative estimate of drug-likeness (QED) is 0.186. The molecule has 6 heteroatoms. The molecule has 11 aromatic rings. The second-order valence-electron chi connectivity index (χ2n) is 13.0. The molecule has 7 aromatic carbocycles. The Morgan fingerprint density at radius 2 is 0.981 bits per heavy atom. The zero-order valence-electron chi connectivity index (χ0n) is 27.6. The molecule has 242 valence electrons. The minimum Gasteiger partial charge on any atom is -0.456 e. The molecule has 0 saturated heterocycles. The molecule has 11 rings (SSSR count). The topological polar surface area (TPSA) is 77.8 Å². The van der Waals surface area contributed by atoms with Crippen molar-refractivity contribution < 1.29 is 8.83 Å². The first-order chi connectivity index (χ1) is 25.7. The van der Waals surface area contributed by atoms with Gasteiger partial charge >= 0.3 is 0 Å². The predicted octanol–water partition coefficient (Wildman–Crippen LogP) is 12.0. The molecule has 0 spiro atoms. The van der Waals surface area contributed by atoms with E-state index in [4.69, 9.17) is 28.8 Å². The van der Waals surface area contributed by atoms with Gasteiger partial charge in [0.05, 0.1) is 10.9 Å². The predicted molar refractivity (Wildman–Crippen MR) is 209 cm³/mol. The zero-order chi connectivity index (χ0) is 34.2. The van der Waals surface area contributed by atoms with E-state index < -0.39 is 0 Å². The average molecular weight is 667 g/mol. The minimum absolute atomic E-state index is 0.578. The number of hydrogen-bond acceptors (Lipinski definition) is 6. The molecule has 0 bridgehead atoms. The van der Waals surface area contributed by atoms with Crippen molar-refractivity contribution in [1.29, 1.82) is 0 Å². The van der Waals surface area contributed by atoms with Crippen LogP contribution in [0.5, 0.6) is 0 Å². The third kappa shape index (κ3) is 4.44. The molecule has 0 unspecified atom stereocenters.